The van der Waals surface area contributed by atoms with Gasteiger partial charge in [-0.1, -0.05) is 29.7 Å². The molecule has 0 fully saturated rings. The first kappa shape index (κ1) is 10.3. The Kier molecular flexibility index (Phi) is 4.31. The van der Waals surface area contributed by atoms with Crippen LogP contribution >= 0.6 is 0 Å². The van der Waals surface area contributed by atoms with Crippen molar-refractivity contribution in [1.82, 2.24) is 0 Å². The average molecular weight is 184 g/mol. The van der Waals surface area contributed by atoms with Gasteiger partial charge in [-0.05, 0) is 18.2 Å². The Balaban J connectivity index is 2.89. The van der Waals surface area contributed by atoms with Crippen LogP contribution in [0.1, 0.15) is 11.1 Å². The van der Waals surface area contributed by atoms with Gasteiger partial charge < -0.3 is 11.5 Å². The van der Waals surface area contributed by atoms with Crippen molar-refractivity contribution in [2.75, 3.05) is 13.1 Å². The van der Waals surface area contributed by atoms with Gasteiger partial charge >= 0.3 is 0 Å². The third kappa shape index (κ3) is 3.33. The summed E-state index contributed by atoms with van der Waals surface area (Å²) in [5, 5.41) is 0. The molecule has 2 heteroatoms. The van der Waals surface area contributed by atoms with Gasteiger partial charge in [-0.15, -0.1) is 0 Å². The van der Waals surface area contributed by atoms with Gasteiger partial charge in [0.1, 0.15) is 0 Å². The molecule has 1 aromatic rings. The van der Waals surface area contributed by atoms with Crippen molar-refractivity contribution < 1.29 is 0 Å². The minimum atomic E-state index is 0.374. The Hall–Kier alpha value is -1.74. The predicted octanol–water partition coefficient (Wildman–Crippen LogP) is 0.307. The average Bonchev–Trinajstić information content (AvgIpc) is 2.24. The Morgan fingerprint density at radius 2 is 1.43 bits per heavy atom. The summed E-state index contributed by atoms with van der Waals surface area (Å²) in [5.74, 6) is 11.5. The van der Waals surface area contributed by atoms with Crippen LogP contribution in [0.15, 0.2) is 24.3 Å². The highest BCUT2D eigenvalue weighted by atomic mass is 14.5. The molecular weight excluding hydrogens is 172 g/mol. The normalized spacial score (nSPS) is 8.14. The predicted molar refractivity (Wildman–Crippen MR) is 58.3 cm³/mol. The van der Waals surface area contributed by atoms with Gasteiger partial charge in [-0.25, -0.2) is 0 Å². The molecule has 1 rings (SSSR count). The zero-order valence-electron chi connectivity index (χ0n) is 7.88. The fourth-order valence-corrected chi connectivity index (χ4v) is 0.981. The van der Waals surface area contributed by atoms with E-state index in [1.165, 1.54) is 0 Å². The minimum Gasteiger partial charge on any atom is -0.320 e. The molecule has 0 bridgehead atoms. The summed E-state index contributed by atoms with van der Waals surface area (Å²) in [4.78, 5) is 0. The van der Waals surface area contributed by atoms with Crippen LogP contribution < -0.4 is 11.5 Å². The summed E-state index contributed by atoms with van der Waals surface area (Å²) in [7, 11) is 0. The molecule has 0 saturated carbocycles. The molecule has 2 nitrogen and oxygen atoms in total. The molecule has 0 heterocycles. The largest absolute Gasteiger partial charge is 0.320 e. The molecule has 0 atom stereocenters. The molecule has 0 spiro atoms. The molecule has 4 N–H and O–H groups in total. The van der Waals surface area contributed by atoms with Crippen LogP contribution in [0.5, 0.6) is 0 Å². The topological polar surface area (TPSA) is 52.0 Å². The number of hydrogen-bond acceptors (Lipinski definition) is 2. The van der Waals surface area contributed by atoms with Crippen LogP contribution in [0.25, 0.3) is 0 Å². The Morgan fingerprint density at radius 3 is 1.86 bits per heavy atom. The Morgan fingerprint density at radius 1 is 0.929 bits per heavy atom. The van der Waals surface area contributed by atoms with Gasteiger partial charge in [0.15, 0.2) is 0 Å². The van der Waals surface area contributed by atoms with Gasteiger partial charge in [0, 0.05) is 11.1 Å². The quantitative estimate of drug-likeness (QED) is 0.570. The van der Waals surface area contributed by atoms with Crippen LogP contribution in [-0.2, 0) is 0 Å². The molecule has 0 aliphatic rings. The second kappa shape index (κ2) is 5.83. The highest BCUT2D eigenvalue weighted by Gasteiger charge is 1.88. The number of nitrogens with two attached hydrogens (primary N) is 2. The van der Waals surface area contributed by atoms with Gasteiger partial charge in [0.05, 0.1) is 13.1 Å². The molecule has 0 saturated heterocycles. The lowest BCUT2D eigenvalue weighted by molar-refractivity contribution is 1.30. The summed E-state index contributed by atoms with van der Waals surface area (Å²) in [6.45, 7) is 0.747. The van der Waals surface area contributed by atoms with E-state index < -0.39 is 0 Å². The molecule has 0 radical (unpaired) electrons. The second-order valence-corrected chi connectivity index (χ2v) is 2.59. The SMILES string of the molecule is NCC#Cc1cccc(C#CCN)c1. The third-order valence-corrected chi connectivity index (χ3v) is 1.53. The van der Waals surface area contributed by atoms with Crippen LogP contribution in [0.4, 0.5) is 0 Å². The lowest BCUT2D eigenvalue weighted by Gasteiger charge is -1.91. The fraction of sp³-hybridized carbons (Fsp3) is 0.167. The van der Waals surface area contributed by atoms with E-state index in [-0.39, 0.29) is 0 Å². The van der Waals surface area contributed by atoms with E-state index in [1.807, 2.05) is 24.3 Å². The monoisotopic (exact) mass is 184 g/mol. The highest BCUT2D eigenvalue weighted by molar-refractivity contribution is 5.43. The Labute approximate surface area is 84.3 Å². The molecule has 0 aliphatic heterocycles. The molecular formula is C12H12N2. The van der Waals surface area contributed by atoms with Gasteiger partial charge in [-0.2, -0.15) is 0 Å². The Bertz CT molecular complexity index is 376. The van der Waals surface area contributed by atoms with Gasteiger partial charge in [0.2, 0.25) is 0 Å². The van der Waals surface area contributed by atoms with E-state index in [4.69, 9.17) is 11.5 Å². The lowest BCUT2D eigenvalue weighted by atomic mass is 10.1. The van der Waals surface area contributed by atoms with Crippen molar-refractivity contribution in [3.05, 3.63) is 35.4 Å². The summed E-state index contributed by atoms with van der Waals surface area (Å²) in [5.41, 5.74) is 12.4. The molecule has 0 aliphatic carbocycles. The van der Waals surface area contributed by atoms with E-state index in [0.29, 0.717) is 13.1 Å². The maximum Gasteiger partial charge on any atom is 0.0555 e. The lowest BCUT2D eigenvalue weighted by Crippen LogP contribution is -1.93. The van der Waals surface area contributed by atoms with Crippen molar-refractivity contribution in [2.24, 2.45) is 11.5 Å². The van der Waals surface area contributed by atoms with Crippen molar-refractivity contribution in [1.29, 1.82) is 0 Å². The smallest absolute Gasteiger partial charge is 0.0555 e. The van der Waals surface area contributed by atoms with E-state index in [0.717, 1.165) is 11.1 Å². The molecule has 0 unspecified atom stereocenters. The fourth-order valence-electron chi connectivity index (χ4n) is 0.981. The standard InChI is InChI=1S/C12H12N2/c13-8-2-6-11-4-1-5-12(10-11)7-3-9-14/h1,4-5,10H,8-9,13-14H2. The molecule has 1 aromatic carbocycles. The first-order valence-corrected chi connectivity index (χ1v) is 4.34. The van der Waals surface area contributed by atoms with Crippen molar-refractivity contribution in [3.8, 4) is 23.7 Å². The van der Waals surface area contributed by atoms with E-state index in [9.17, 15) is 0 Å². The maximum absolute atomic E-state index is 5.28. The third-order valence-electron chi connectivity index (χ3n) is 1.53. The minimum absolute atomic E-state index is 0.374. The van der Waals surface area contributed by atoms with Crippen LogP contribution in [0.2, 0.25) is 0 Å². The first-order valence-electron chi connectivity index (χ1n) is 4.34. The summed E-state index contributed by atoms with van der Waals surface area (Å²) in [6.07, 6.45) is 0. The van der Waals surface area contributed by atoms with E-state index in [2.05, 4.69) is 23.7 Å². The van der Waals surface area contributed by atoms with Gasteiger partial charge in [0.25, 0.3) is 0 Å². The summed E-state index contributed by atoms with van der Waals surface area (Å²) in [6, 6.07) is 7.69. The highest BCUT2D eigenvalue weighted by Crippen LogP contribution is 2.01. The van der Waals surface area contributed by atoms with Gasteiger partial charge in [-0.3, -0.25) is 0 Å². The molecule has 14 heavy (non-hydrogen) atoms. The number of rotatable bonds is 0. The maximum atomic E-state index is 5.28. The summed E-state index contributed by atoms with van der Waals surface area (Å²) >= 11 is 0. The number of hydrogen-bond donors (Lipinski definition) is 2. The van der Waals surface area contributed by atoms with Crippen molar-refractivity contribution in [2.45, 2.75) is 0 Å². The van der Waals surface area contributed by atoms with Crippen LogP contribution in [-0.4, -0.2) is 13.1 Å². The van der Waals surface area contributed by atoms with E-state index in [1.54, 1.807) is 0 Å². The van der Waals surface area contributed by atoms with E-state index >= 15 is 0 Å². The molecule has 0 amide bonds. The van der Waals surface area contributed by atoms with Crippen molar-refractivity contribution in [3.63, 3.8) is 0 Å². The first-order chi connectivity index (χ1) is 6.86. The number of benzene rings is 1. The van der Waals surface area contributed by atoms with Crippen LogP contribution in [0, 0.1) is 23.7 Å². The van der Waals surface area contributed by atoms with Crippen LogP contribution in [0.3, 0.4) is 0 Å². The van der Waals surface area contributed by atoms with Crippen molar-refractivity contribution >= 4 is 0 Å². The molecule has 0 aromatic heterocycles. The molecule has 70 valence electrons. The zero-order chi connectivity index (χ0) is 10.2. The zero-order valence-corrected chi connectivity index (χ0v) is 7.88. The second-order valence-electron chi connectivity index (χ2n) is 2.59. The summed E-state index contributed by atoms with van der Waals surface area (Å²) < 4.78 is 0.